The number of halogens is 1. The first-order chi connectivity index (χ1) is 11.4. The fourth-order valence-corrected chi connectivity index (χ4v) is 4.30. The number of hydrogen-bond donors (Lipinski definition) is 0. The monoisotopic (exact) mass is 409 g/mol. The third-order valence-corrected chi connectivity index (χ3v) is 5.97. The molecule has 4 nitrogen and oxygen atoms in total. The number of nitriles is 1. The predicted octanol–water partition coefficient (Wildman–Crippen LogP) is 3.54. The van der Waals surface area contributed by atoms with E-state index in [-0.39, 0.29) is 11.9 Å². The van der Waals surface area contributed by atoms with Crippen molar-refractivity contribution in [3.63, 3.8) is 0 Å². The fraction of sp³-hybridized carbons (Fsp3) is 0.556. The summed E-state index contributed by atoms with van der Waals surface area (Å²) in [6.07, 6.45) is 0. The SMILES string of the molecule is Cc1cc(Br)ccc1SCC(=O)N1CCN(C(C#N)C(C)C)CC1. The van der Waals surface area contributed by atoms with Gasteiger partial charge in [0.25, 0.3) is 0 Å². The highest BCUT2D eigenvalue weighted by Crippen LogP contribution is 2.25. The third kappa shape index (κ3) is 4.98. The van der Waals surface area contributed by atoms with Gasteiger partial charge in [0.1, 0.15) is 6.04 Å². The lowest BCUT2D eigenvalue weighted by Gasteiger charge is -2.38. The van der Waals surface area contributed by atoms with Crippen molar-refractivity contribution in [1.82, 2.24) is 9.80 Å². The van der Waals surface area contributed by atoms with Crippen LogP contribution < -0.4 is 0 Å². The summed E-state index contributed by atoms with van der Waals surface area (Å²) in [5.41, 5.74) is 1.18. The zero-order valence-electron chi connectivity index (χ0n) is 14.5. The minimum atomic E-state index is -0.0537. The molecule has 0 spiro atoms. The number of hydrogen-bond acceptors (Lipinski definition) is 4. The van der Waals surface area contributed by atoms with Crippen molar-refractivity contribution in [2.75, 3.05) is 31.9 Å². The standard InChI is InChI=1S/C18H24BrN3OS/c1-13(2)16(11-20)21-6-8-22(9-7-21)18(23)12-24-17-5-4-15(19)10-14(17)3/h4-5,10,13,16H,6-9,12H2,1-3H3. The van der Waals surface area contributed by atoms with Crippen LogP contribution in [0.15, 0.2) is 27.6 Å². The molecule has 0 radical (unpaired) electrons. The quantitative estimate of drug-likeness (QED) is 0.697. The van der Waals surface area contributed by atoms with E-state index < -0.39 is 0 Å². The van der Waals surface area contributed by atoms with Gasteiger partial charge in [-0.05, 0) is 36.6 Å². The van der Waals surface area contributed by atoms with Crippen molar-refractivity contribution >= 4 is 33.6 Å². The van der Waals surface area contributed by atoms with Gasteiger partial charge in [-0.15, -0.1) is 11.8 Å². The molecule has 1 heterocycles. The average Bonchev–Trinajstić information content (AvgIpc) is 2.54. The highest BCUT2D eigenvalue weighted by molar-refractivity contribution is 9.10. The van der Waals surface area contributed by atoms with E-state index in [4.69, 9.17) is 0 Å². The molecule has 1 unspecified atom stereocenters. The van der Waals surface area contributed by atoms with Crippen molar-refractivity contribution in [1.29, 1.82) is 5.26 Å². The number of rotatable bonds is 5. The van der Waals surface area contributed by atoms with E-state index >= 15 is 0 Å². The number of carbonyl (C=O) groups is 1. The number of piperazine rings is 1. The molecule has 0 saturated carbocycles. The molecule has 2 rings (SSSR count). The Kier molecular flexibility index (Phi) is 7.15. The van der Waals surface area contributed by atoms with Crippen LogP contribution >= 0.6 is 27.7 Å². The van der Waals surface area contributed by atoms with Crippen LogP contribution in [-0.2, 0) is 4.79 Å². The van der Waals surface area contributed by atoms with Gasteiger partial charge in [0, 0.05) is 35.5 Å². The van der Waals surface area contributed by atoms with E-state index in [1.54, 1.807) is 11.8 Å². The molecule has 1 aromatic rings. The van der Waals surface area contributed by atoms with E-state index in [1.807, 2.05) is 11.0 Å². The molecule has 0 bridgehead atoms. The molecule has 1 aliphatic heterocycles. The van der Waals surface area contributed by atoms with Crippen molar-refractivity contribution in [3.8, 4) is 6.07 Å². The normalized spacial score (nSPS) is 16.9. The second-order valence-corrected chi connectivity index (χ2v) is 8.37. The molecule has 1 atom stereocenters. The molecular formula is C18H24BrN3OS. The van der Waals surface area contributed by atoms with Gasteiger partial charge in [0.15, 0.2) is 0 Å². The molecule has 6 heteroatoms. The summed E-state index contributed by atoms with van der Waals surface area (Å²) >= 11 is 5.06. The summed E-state index contributed by atoms with van der Waals surface area (Å²) in [6.45, 7) is 9.19. The van der Waals surface area contributed by atoms with Crippen molar-refractivity contribution in [3.05, 3.63) is 28.2 Å². The topological polar surface area (TPSA) is 47.3 Å². The van der Waals surface area contributed by atoms with Gasteiger partial charge < -0.3 is 4.90 Å². The summed E-state index contributed by atoms with van der Waals surface area (Å²) in [5.74, 6) is 0.960. The van der Waals surface area contributed by atoms with E-state index in [2.05, 4.69) is 59.8 Å². The Morgan fingerprint density at radius 3 is 2.54 bits per heavy atom. The number of carbonyl (C=O) groups excluding carboxylic acids is 1. The van der Waals surface area contributed by atoms with Gasteiger partial charge in [-0.2, -0.15) is 5.26 Å². The molecule has 1 aliphatic rings. The summed E-state index contributed by atoms with van der Waals surface area (Å²) < 4.78 is 1.06. The Morgan fingerprint density at radius 2 is 2.00 bits per heavy atom. The lowest BCUT2D eigenvalue weighted by molar-refractivity contribution is -0.130. The molecule has 1 amide bonds. The van der Waals surface area contributed by atoms with Crippen LogP contribution in [-0.4, -0.2) is 53.7 Å². The minimum absolute atomic E-state index is 0.0537. The van der Waals surface area contributed by atoms with Gasteiger partial charge >= 0.3 is 0 Å². The van der Waals surface area contributed by atoms with Crippen LogP contribution in [0.5, 0.6) is 0 Å². The lowest BCUT2D eigenvalue weighted by Crippen LogP contribution is -2.53. The van der Waals surface area contributed by atoms with Crippen LogP contribution in [0.1, 0.15) is 19.4 Å². The second kappa shape index (κ2) is 8.89. The minimum Gasteiger partial charge on any atom is -0.339 e. The summed E-state index contributed by atoms with van der Waals surface area (Å²) in [7, 11) is 0. The van der Waals surface area contributed by atoms with Gasteiger partial charge in [0.2, 0.25) is 5.91 Å². The molecule has 0 aliphatic carbocycles. The maximum absolute atomic E-state index is 12.4. The first-order valence-electron chi connectivity index (χ1n) is 8.22. The van der Waals surface area contributed by atoms with Gasteiger partial charge in [0.05, 0.1) is 11.8 Å². The van der Waals surface area contributed by atoms with Crippen molar-refractivity contribution in [2.45, 2.75) is 31.7 Å². The Morgan fingerprint density at radius 1 is 1.33 bits per heavy atom. The van der Waals surface area contributed by atoms with E-state index in [9.17, 15) is 10.1 Å². The molecule has 24 heavy (non-hydrogen) atoms. The summed E-state index contributed by atoms with van der Waals surface area (Å²) in [5, 5.41) is 9.30. The number of amides is 1. The van der Waals surface area contributed by atoms with Gasteiger partial charge in [-0.25, -0.2) is 0 Å². The van der Waals surface area contributed by atoms with Crippen molar-refractivity contribution in [2.24, 2.45) is 5.92 Å². The van der Waals surface area contributed by atoms with Crippen LogP contribution in [0, 0.1) is 24.2 Å². The Labute approximate surface area is 157 Å². The zero-order valence-corrected chi connectivity index (χ0v) is 16.9. The summed E-state index contributed by atoms with van der Waals surface area (Å²) in [4.78, 5) is 17.7. The molecule has 1 saturated heterocycles. The molecule has 0 aromatic heterocycles. The van der Waals surface area contributed by atoms with Gasteiger partial charge in [-0.1, -0.05) is 29.8 Å². The number of nitrogens with zero attached hydrogens (tertiary/aromatic N) is 3. The number of aryl methyl sites for hydroxylation is 1. The molecule has 1 aromatic carbocycles. The maximum atomic E-state index is 12.4. The third-order valence-electron chi connectivity index (χ3n) is 4.31. The molecule has 1 fully saturated rings. The van der Waals surface area contributed by atoms with E-state index in [0.29, 0.717) is 24.8 Å². The predicted molar refractivity (Wildman–Crippen MR) is 102 cm³/mol. The van der Waals surface area contributed by atoms with Crippen LogP contribution in [0.3, 0.4) is 0 Å². The highest BCUT2D eigenvalue weighted by Gasteiger charge is 2.27. The van der Waals surface area contributed by atoms with Gasteiger partial charge in [-0.3, -0.25) is 9.69 Å². The maximum Gasteiger partial charge on any atom is 0.233 e. The summed E-state index contributed by atoms with van der Waals surface area (Å²) in [6, 6.07) is 8.46. The zero-order chi connectivity index (χ0) is 17.7. The fourth-order valence-electron chi connectivity index (χ4n) is 2.91. The molecule has 130 valence electrons. The first kappa shape index (κ1) is 19.3. The molecular weight excluding hydrogens is 386 g/mol. The average molecular weight is 410 g/mol. The number of thioether (sulfide) groups is 1. The van der Waals surface area contributed by atoms with Crippen LogP contribution in [0.2, 0.25) is 0 Å². The van der Waals surface area contributed by atoms with E-state index in [0.717, 1.165) is 22.5 Å². The molecule has 0 N–H and O–H groups in total. The number of benzene rings is 1. The Balaban J connectivity index is 1.84. The Hall–Kier alpha value is -1.03. The highest BCUT2D eigenvalue weighted by atomic mass is 79.9. The lowest BCUT2D eigenvalue weighted by atomic mass is 10.0. The van der Waals surface area contributed by atoms with Crippen LogP contribution in [0.25, 0.3) is 0 Å². The first-order valence-corrected chi connectivity index (χ1v) is 10.0. The van der Waals surface area contributed by atoms with Crippen LogP contribution in [0.4, 0.5) is 0 Å². The van der Waals surface area contributed by atoms with Crippen molar-refractivity contribution < 1.29 is 4.79 Å². The Bertz CT molecular complexity index is 621. The second-order valence-electron chi connectivity index (χ2n) is 6.43. The smallest absolute Gasteiger partial charge is 0.233 e. The van der Waals surface area contributed by atoms with E-state index in [1.165, 1.54) is 5.56 Å². The largest absolute Gasteiger partial charge is 0.339 e.